The Morgan fingerprint density at radius 1 is 1.20 bits per heavy atom. The molecule has 0 unspecified atom stereocenters. The van der Waals surface area contributed by atoms with Gasteiger partial charge in [0, 0.05) is 0 Å². The average Bonchev–Trinajstić information content (AvgIpc) is 1.91. The molecule has 54 valence electrons. The lowest BCUT2D eigenvalue weighted by Gasteiger charge is -1.91. The summed E-state index contributed by atoms with van der Waals surface area (Å²) in [5.74, 6) is 0. The van der Waals surface area contributed by atoms with Crippen LogP contribution >= 0.6 is 0 Å². The van der Waals surface area contributed by atoms with Crippen molar-refractivity contribution < 1.29 is 0 Å². The molecule has 0 saturated heterocycles. The first-order chi connectivity index (χ1) is 4.43. The normalized spacial score (nSPS) is 8.00. The lowest BCUT2D eigenvalue weighted by Crippen LogP contribution is -1.75. The van der Waals surface area contributed by atoms with Gasteiger partial charge in [-0.15, -0.1) is 6.58 Å². The molecular formula is C9H13N. The predicted octanol–water partition coefficient (Wildman–Crippen LogP) is 2.58. The van der Waals surface area contributed by atoms with E-state index in [-0.39, 0.29) is 6.15 Å². The summed E-state index contributed by atoms with van der Waals surface area (Å²) in [6.45, 7) is 3.66. The predicted molar refractivity (Wildman–Crippen MR) is 45.4 cm³/mol. The van der Waals surface area contributed by atoms with Gasteiger partial charge in [0.25, 0.3) is 0 Å². The molecule has 1 heteroatoms. The Morgan fingerprint density at radius 2 is 1.80 bits per heavy atom. The lowest BCUT2D eigenvalue weighted by molar-refractivity contribution is 1.28. The number of hydrogen-bond acceptors (Lipinski definition) is 1. The standard InChI is InChI=1S/C9H10.H3N/c1-2-6-9-7-4-3-5-8-9;/h2-5,7-8H,1,6H2;1H3. The molecule has 0 aliphatic rings. The number of hydrogen-bond donors (Lipinski definition) is 1. The molecule has 0 saturated carbocycles. The topological polar surface area (TPSA) is 35.0 Å². The fourth-order valence-corrected chi connectivity index (χ4v) is 0.781. The Morgan fingerprint density at radius 3 is 2.30 bits per heavy atom. The van der Waals surface area contributed by atoms with Crippen LogP contribution in [0.3, 0.4) is 0 Å². The Bertz CT molecular complexity index is 179. The maximum absolute atomic E-state index is 3.66. The van der Waals surface area contributed by atoms with E-state index in [1.54, 1.807) is 0 Å². The lowest BCUT2D eigenvalue weighted by atomic mass is 10.2. The van der Waals surface area contributed by atoms with Gasteiger partial charge >= 0.3 is 0 Å². The summed E-state index contributed by atoms with van der Waals surface area (Å²) in [7, 11) is 0. The first-order valence-electron chi connectivity index (χ1n) is 3.08. The Labute approximate surface area is 62.0 Å². The van der Waals surface area contributed by atoms with Crippen molar-refractivity contribution in [2.45, 2.75) is 6.42 Å². The average molecular weight is 135 g/mol. The van der Waals surface area contributed by atoms with Crippen molar-refractivity contribution in [1.29, 1.82) is 0 Å². The van der Waals surface area contributed by atoms with Crippen LogP contribution in [-0.4, -0.2) is 0 Å². The summed E-state index contributed by atoms with van der Waals surface area (Å²) < 4.78 is 0. The number of allylic oxidation sites excluding steroid dienone is 1. The molecule has 0 aliphatic heterocycles. The van der Waals surface area contributed by atoms with Crippen molar-refractivity contribution in [2.24, 2.45) is 0 Å². The van der Waals surface area contributed by atoms with Crippen LogP contribution in [0.4, 0.5) is 0 Å². The summed E-state index contributed by atoms with van der Waals surface area (Å²) >= 11 is 0. The van der Waals surface area contributed by atoms with E-state index >= 15 is 0 Å². The van der Waals surface area contributed by atoms with E-state index in [0.29, 0.717) is 0 Å². The minimum absolute atomic E-state index is 0. The van der Waals surface area contributed by atoms with Gasteiger partial charge in [-0.25, -0.2) is 0 Å². The zero-order valence-electron chi connectivity index (χ0n) is 6.09. The summed E-state index contributed by atoms with van der Waals surface area (Å²) in [5.41, 5.74) is 1.33. The van der Waals surface area contributed by atoms with Gasteiger partial charge in [-0.2, -0.15) is 0 Å². The molecule has 1 nitrogen and oxygen atoms in total. The number of rotatable bonds is 2. The van der Waals surface area contributed by atoms with Crippen molar-refractivity contribution in [3.63, 3.8) is 0 Å². The van der Waals surface area contributed by atoms with Crippen LogP contribution in [0, 0.1) is 0 Å². The highest BCUT2D eigenvalue weighted by atomic mass is 14.0. The van der Waals surface area contributed by atoms with Gasteiger partial charge in [0.2, 0.25) is 0 Å². The van der Waals surface area contributed by atoms with E-state index in [1.165, 1.54) is 5.56 Å². The highest BCUT2D eigenvalue weighted by molar-refractivity contribution is 5.16. The molecule has 0 fully saturated rings. The summed E-state index contributed by atoms with van der Waals surface area (Å²) in [6.07, 6.45) is 2.89. The van der Waals surface area contributed by atoms with E-state index in [9.17, 15) is 0 Å². The molecule has 1 aromatic carbocycles. The van der Waals surface area contributed by atoms with Gasteiger partial charge in [-0.1, -0.05) is 36.4 Å². The molecule has 1 rings (SSSR count). The van der Waals surface area contributed by atoms with Crippen molar-refractivity contribution in [1.82, 2.24) is 6.15 Å². The highest BCUT2D eigenvalue weighted by Crippen LogP contribution is 1.98. The van der Waals surface area contributed by atoms with Crippen LogP contribution in [0.5, 0.6) is 0 Å². The maximum atomic E-state index is 3.66. The molecule has 0 amide bonds. The molecule has 0 spiro atoms. The molecule has 0 aromatic heterocycles. The second kappa shape index (κ2) is 4.77. The van der Waals surface area contributed by atoms with Crippen LogP contribution in [-0.2, 0) is 6.42 Å². The molecular weight excluding hydrogens is 122 g/mol. The molecule has 0 heterocycles. The van der Waals surface area contributed by atoms with E-state index in [0.717, 1.165) is 6.42 Å². The zero-order chi connectivity index (χ0) is 6.53. The number of benzene rings is 1. The molecule has 1 aromatic rings. The van der Waals surface area contributed by atoms with E-state index in [4.69, 9.17) is 0 Å². The minimum atomic E-state index is 0. The Balaban J connectivity index is 0.000000810. The monoisotopic (exact) mass is 135 g/mol. The minimum Gasteiger partial charge on any atom is -0.344 e. The van der Waals surface area contributed by atoms with E-state index in [2.05, 4.69) is 18.7 Å². The van der Waals surface area contributed by atoms with Crippen LogP contribution in [0.25, 0.3) is 0 Å². The first-order valence-corrected chi connectivity index (χ1v) is 3.08. The van der Waals surface area contributed by atoms with Gasteiger partial charge in [0.1, 0.15) is 0 Å². The molecule has 0 atom stereocenters. The molecule has 3 N–H and O–H groups in total. The van der Waals surface area contributed by atoms with Crippen molar-refractivity contribution in [2.75, 3.05) is 0 Å². The largest absolute Gasteiger partial charge is 0.344 e. The van der Waals surface area contributed by atoms with Gasteiger partial charge in [-0.3, -0.25) is 0 Å². The van der Waals surface area contributed by atoms with Crippen molar-refractivity contribution in [3.8, 4) is 0 Å². The van der Waals surface area contributed by atoms with Crippen LogP contribution in [0.1, 0.15) is 5.56 Å². The van der Waals surface area contributed by atoms with Crippen LogP contribution in [0.15, 0.2) is 43.0 Å². The third kappa shape index (κ3) is 2.46. The van der Waals surface area contributed by atoms with Gasteiger partial charge in [-0.05, 0) is 12.0 Å². The molecule has 10 heavy (non-hydrogen) atoms. The van der Waals surface area contributed by atoms with E-state index < -0.39 is 0 Å². The van der Waals surface area contributed by atoms with Crippen LogP contribution in [0.2, 0.25) is 0 Å². The van der Waals surface area contributed by atoms with Crippen molar-refractivity contribution >= 4 is 0 Å². The summed E-state index contributed by atoms with van der Waals surface area (Å²) in [6, 6.07) is 10.3. The first kappa shape index (κ1) is 8.92. The SMILES string of the molecule is C=CCc1ccccc1.N. The zero-order valence-corrected chi connectivity index (χ0v) is 6.09. The third-order valence-corrected chi connectivity index (χ3v) is 1.22. The second-order valence-electron chi connectivity index (χ2n) is 1.98. The third-order valence-electron chi connectivity index (χ3n) is 1.22. The maximum Gasteiger partial charge on any atom is -0.0100 e. The van der Waals surface area contributed by atoms with Gasteiger partial charge < -0.3 is 6.15 Å². The summed E-state index contributed by atoms with van der Waals surface area (Å²) in [5, 5.41) is 0. The second-order valence-corrected chi connectivity index (χ2v) is 1.98. The van der Waals surface area contributed by atoms with Gasteiger partial charge in [0.15, 0.2) is 0 Å². The fraction of sp³-hybridized carbons (Fsp3) is 0.111. The highest BCUT2D eigenvalue weighted by Gasteiger charge is 1.82. The Hall–Kier alpha value is -1.08. The quantitative estimate of drug-likeness (QED) is 0.621. The Kier molecular flexibility index (Phi) is 4.25. The molecule has 0 bridgehead atoms. The fourth-order valence-electron chi connectivity index (χ4n) is 0.781. The van der Waals surface area contributed by atoms with Gasteiger partial charge in [0.05, 0.1) is 0 Å². The summed E-state index contributed by atoms with van der Waals surface area (Å²) in [4.78, 5) is 0. The van der Waals surface area contributed by atoms with E-state index in [1.807, 2.05) is 24.3 Å². The molecule has 0 aliphatic carbocycles. The molecule has 0 radical (unpaired) electrons. The van der Waals surface area contributed by atoms with Crippen molar-refractivity contribution in [3.05, 3.63) is 48.6 Å². The van der Waals surface area contributed by atoms with Crippen LogP contribution < -0.4 is 6.15 Å². The smallest absolute Gasteiger partial charge is 0.0100 e.